The molecule has 0 spiro atoms. The molecule has 1 aliphatic heterocycles. The number of likely N-dealkylation sites (tertiary alicyclic amines) is 1. The SMILES string of the molecule is Cc1ccc(O)c(CN2CCCC2CC(O)c2ccco2)c1. The molecule has 1 fully saturated rings. The monoisotopic (exact) mass is 301 g/mol. The number of benzene rings is 1. The Morgan fingerprint density at radius 3 is 3.00 bits per heavy atom. The van der Waals surface area contributed by atoms with Crippen LogP contribution in [0.25, 0.3) is 0 Å². The van der Waals surface area contributed by atoms with E-state index in [4.69, 9.17) is 4.42 Å². The quantitative estimate of drug-likeness (QED) is 0.889. The lowest BCUT2D eigenvalue weighted by molar-refractivity contribution is 0.0993. The van der Waals surface area contributed by atoms with Gasteiger partial charge in [-0.1, -0.05) is 17.7 Å². The number of aliphatic hydroxyl groups excluding tert-OH is 1. The van der Waals surface area contributed by atoms with Crippen molar-refractivity contribution in [3.8, 4) is 5.75 Å². The standard InChI is InChI=1S/C18H23NO3/c1-13-6-7-16(20)14(10-13)12-19-8-2-4-15(19)11-17(21)18-5-3-9-22-18/h3,5-7,9-10,15,17,20-21H,2,4,8,11-12H2,1H3. The second kappa shape index (κ2) is 6.55. The van der Waals surface area contributed by atoms with Crippen LogP contribution in [-0.2, 0) is 6.54 Å². The molecule has 22 heavy (non-hydrogen) atoms. The number of aryl methyl sites for hydroxylation is 1. The molecule has 2 unspecified atom stereocenters. The first kappa shape index (κ1) is 15.1. The predicted octanol–water partition coefficient (Wildman–Crippen LogP) is 3.38. The maximum absolute atomic E-state index is 10.3. The second-order valence-electron chi connectivity index (χ2n) is 6.17. The van der Waals surface area contributed by atoms with Gasteiger partial charge in [0.05, 0.1) is 6.26 Å². The third-order valence-corrected chi connectivity index (χ3v) is 4.47. The number of phenols is 1. The highest BCUT2D eigenvalue weighted by Gasteiger charge is 2.28. The number of furan rings is 1. The molecule has 4 nitrogen and oxygen atoms in total. The lowest BCUT2D eigenvalue weighted by Crippen LogP contribution is -2.30. The Hall–Kier alpha value is -1.78. The highest BCUT2D eigenvalue weighted by molar-refractivity contribution is 5.35. The van der Waals surface area contributed by atoms with Crippen molar-refractivity contribution in [3.05, 3.63) is 53.5 Å². The van der Waals surface area contributed by atoms with Crippen LogP contribution >= 0.6 is 0 Å². The molecule has 1 aromatic carbocycles. The smallest absolute Gasteiger partial charge is 0.132 e. The Morgan fingerprint density at radius 1 is 1.36 bits per heavy atom. The highest BCUT2D eigenvalue weighted by Crippen LogP contribution is 2.30. The van der Waals surface area contributed by atoms with E-state index < -0.39 is 6.10 Å². The van der Waals surface area contributed by atoms with E-state index in [1.165, 1.54) is 0 Å². The summed E-state index contributed by atoms with van der Waals surface area (Å²) in [5, 5.41) is 20.3. The molecule has 1 saturated heterocycles. The molecule has 0 saturated carbocycles. The fraction of sp³-hybridized carbons (Fsp3) is 0.444. The Labute approximate surface area is 131 Å². The van der Waals surface area contributed by atoms with Gasteiger partial charge < -0.3 is 14.6 Å². The molecule has 3 rings (SSSR count). The summed E-state index contributed by atoms with van der Waals surface area (Å²) in [5.41, 5.74) is 2.11. The number of nitrogens with zero attached hydrogens (tertiary/aromatic N) is 1. The summed E-state index contributed by atoms with van der Waals surface area (Å²) < 4.78 is 5.29. The molecule has 0 aliphatic carbocycles. The zero-order valence-electron chi connectivity index (χ0n) is 12.9. The molecule has 2 N–H and O–H groups in total. The van der Waals surface area contributed by atoms with Gasteiger partial charge in [-0.25, -0.2) is 0 Å². The number of hydrogen-bond donors (Lipinski definition) is 2. The van der Waals surface area contributed by atoms with E-state index in [0.717, 1.165) is 37.1 Å². The second-order valence-corrected chi connectivity index (χ2v) is 6.17. The minimum atomic E-state index is -0.563. The summed E-state index contributed by atoms with van der Waals surface area (Å²) in [6.45, 7) is 3.76. The van der Waals surface area contributed by atoms with Crippen LogP contribution < -0.4 is 0 Å². The first-order valence-electron chi connectivity index (χ1n) is 7.87. The normalized spacial score (nSPS) is 20.4. The van der Waals surface area contributed by atoms with Gasteiger partial charge in [0.25, 0.3) is 0 Å². The Morgan fingerprint density at radius 2 is 2.23 bits per heavy atom. The Kier molecular flexibility index (Phi) is 4.50. The third-order valence-electron chi connectivity index (χ3n) is 4.47. The van der Waals surface area contributed by atoms with Gasteiger partial charge in [0.15, 0.2) is 0 Å². The summed E-state index contributed by atoms with van der Waals surface area (Å²) in [6, 6.07) is 9.65. The highest BCUT2D eigenvalue weighted by atomic mass is 16.4. The molecule has 118 valence electrons. The summed E-state index contributed by atoms with van der Waals surface area (Å²) in [4.78, 5) is 2.35. The van der Waals surface area contributed by atoms with Crippen LogP contribution in [0.4, 0.5) is 0 Å². The van der Waals surface area contributed by atoms with Crippen molar-refractivity contribution >= 4 is 0 Å². The summed E-state index contributed by atoms with van der Waals surface area (Å²) in [7, 11) is 0. The van der Waals surface area contributed by atoms with Crippen LogP contribution in [0.3, 0.4) is 0 Å². The first-order valence-corrected chi connectivity index (χ1v) is 7.87. The van der Waals surface area contributed by atoms with E-state index in [2.05, 4.69) is 4.90 Å². The van der Waals surface area contributed by atoms with Crippen molar-refractivity contribution in [3.63, 3.8) is 0 Å². The minimum absolute atomic E-state index is 0.319. The van der Waals surface area contributed by atoms with Gasteiger partial charge in [0, 0.05) is 18.2 Å². The van der Waals surface area contributed by atoms with E-state index >= 15 is 0 Å². The van der Waals surface area contributed by atoms with Crippen LogP contribution in [0.15, 0.2) is 41.0 Å². The lowest BCUT2D eigenvalue weighted by atomic mass is 10.0. The van der Waals surface area contributed by atoms with E-state index in [0.29, 0.717) is 24.0 Å². The van der Waals surface area contributed by atoms with E-state index in [1.54, 1.807) is 18.4 Å². The fourth-order valence-corrected chi connectivity index (χ4v) is 3.28. The van der Waals surface area contributed by atoms with Crippen molar-refractivity contribution in [2.24, 2.45) is 0 Å². The van der Waals surface area contributed by atoms with Crippen molar-refractivity contribution in [2.75, 3.05) is 6.54 Å². The average molecular weight is 301 g/mol. The molecule has 0 amide bonds. The van der Waals surface area contributed by atoms with E-state index in [9.17, 15) is 10.2 Å². The molecule has 0 radical (unpaired) electrons. The largest absolute Gasteiger partial charge is 0.508 e. The first-order chi connectivity index (χ1) is 10.6. The van der Waals surface area contributed by atoms with Crippen LogP contribution in [0.5, 0.6) is 5.75 Å². The number of aromatic hydroxyl groups is 1. The van der Waals surface area contributed by atoms with Gasteiger partial charge >= 0.3 is 0 Å². The molecule has 4 heteroatoms. The maximum Gasteiger partial charge on any atom is 0.132 e. The minimum Gasteiger partial charge on any atom is -0.508 e. The summed E-state index contributed by atoms with van der Waals surface area (Å²) in [6.07, 6.45) is 3.90. The van der Waals surface area contributed by atoms with Gasteiger partial charge in [-0.3, -0.25) is 4.90 Å². The molecule has 2 atom stereocenters. The van der Waals surface area contributed by atoms with Crippen molar-refractivity contribution in [1.29, 1.82) is 0 Å². The maximum atomic E-state index is 10.3. The molecule has 0 bridgehead atoms. The molecule has 1 aromatic heterocycles. The van der Waals surface area contributed by atoms with Gasteiger partial charge in [-0.2, -0.15) is 0 Å². The van der Waals surface area contributed by atoms with Gasteiger partial charge in [0.2, 0.25) is 0 Å². The molecular weight excluding hydrogens is 278 g/mol. The van der Waals surface area contributed by atoms with Gasteiger partial charge in [-0.05, 0) is 50.9 Å². The predicted molar refractivity (Wildman–Crippen MR) is 84.6 cm³/mol. The van der Waals surface area contributed by atoms with Crippen LogP contribution in [0.1, 0.15) is 42.3 Å². The van der Waals surface area contributed by atoms with Crippen LogP contribution in [-0.4, -0.2) is 27.7 Å². The number of hydrogen-bond acceptors (Lipinski definition) is 4. The van der Waals surface area contributed by atoms with Crippen molar-refractivity contribution < 1.29 is 14.6 Å². The number of rotatable bonds is 5. The van der Waals surface area contributed by atoms with Crippen LogP contribution in [0, 0.1) is 6.92 Å². The summed E-state index contributed by atoms with van der Waals surface area (Å²) >= 11 is 0. The van der Waals surface area contributed by atoms with E-state index in [-0.39, 0.29) is 0 Å². The van der Waals surface area contributed by atoms with Crippen molar-refractivity contribution in [1.82, 2.24) is 4.90 Å². The topological polar surface area (TPSA) is 56.8 Å². The lowest BCUT2D eigenvalue weighted by Gasteiger charge is -2.26. The zero-order valence-corrected chi connectivity index (χ0v) is 12.9. The number of phenolic OH excluding ortho intramolecular Hbond substituents is 1. The average Bonchev–Trinajstić information content (AvgIpc) is 3.15. The summed E-state index contributed by atoms with van der Waals surface area (Å²) in [5.74, 6) is 0.980. The molecule has 2 heterocycles. The molecule has 1 aliphatic rings. The fourth-order valence-electron chi connectivity index (χ4n) is 3.28. The third kappa shape index (κ3) is 3.34. The zero-order chi connectivity index (χ0) is 15.5. The van der Waals surface area contributed by atoms with Crippen LogP contribution in [0.2, 0.25) is 0 Å². The van der Waals surface area contributed by atoms with Gasteiger partial charge in [-0.15, -0.1) is 0 Å². The van der Waals surface area contributed by atoms with E-state index in [1.807, 2.05) is 25.1 Å². The van der Waals surface area contributed by atoms with Crippen molar-refractivity contribution in [2.45, 2.75) is 44.9 Å². The molecule has 2 aromatic rings. The Balaban J connectivity index is 1.67. The van der Waals surface area contributed by atoms with Gasteiger partial charge in [0.1, 0.15) is 17.6 Å². The number of aliphatic hydroxyl groups is 1. The molecular formula is C18H23NO3. The Bertz CT molecular complexity index is 609.